The second-order valence-electron chi connectivity index (χ2n) is 18.8. The van der Waals surface area contributed by atoms with E-state index in [1.165, 1.54) is 193 Å². The van der Waals surface area contributed by atoms with Crippen LogP contribution in [0.3, 0.4) is 0 Å². The Morgan fingerprint density at radius 2 is 0.524 bits per heavy atom. The molecule has 0 aromatic rings. The summed E-state index contributed by atoms with van der Waals surface area (Å²) in [4.78, 5) is 38.0. The number of hydrogen-bond acceptors (Lipinski definition) is 6. The van der Waals surface area contributed by atoms with Gasteiger partial charge in [0, 0.05) is 19.3 Å². The zero-order valence-corrected chi connectivity index (χ0v) is 42.4. The number of esters is 3. The maximum atomic E-state index is 12.8. The molecule has 63 heavy (non-hydrogen) atoms. The Hall–Kier alpha value is -2.11. The van der Waals surface area contributed by atoms with E-state index in [2.05, 4.69) is 45.1 Å². The van der Waals surface area contributed by atoms with E-state index in [1.54, 1.807) is 0 Å². The summed E-state index contributed by atoms with van der Waals surface area (Å²) in [6.07, 6.45) is 60.2. The predicted molar refractivity (Wildman–Crippen MR) is 270 cm³/mol. The van der Waals surface area contributed by atoms with Gasteiger partial charge in [0.05, 0.1) is 0 Å². The molecular weight excluding hydrogens is 781 g/mol. The predicted octanol–water partition coefficient (Wildman–Crippen LogP) is 18.3. The minimum Gasteiger partial charge on any atom is -0.462 e. The Balaban J connectivity index is 4.30. The molecule has 0 aliphatic heterocycles. The maximum absolute atomic E-state index is 12.8. The SMILES string of the molecule is CCCCCC/C=C/CCCCCCCC(=O)OC[C@H](COC(=O)CCCCCCCCCCCCCCCCCCCCC)OC(=O)CCCCCCC/C=C/CCCCCC. The summed E-state index contributed by atoms with van der Waals surface area (Å²) in [6, 6.07) is 0. The molecule has 0 spiro atoms. The van der Waals surface area contributed by atoms with Gasteiger partial charge in [0.2, 0.25) is 0 Å². The lowest BCUT2D eigenvalue weighted by Crippen LogP contribution is -2.30. The van der Waals surface area contributed by atoms with E-state index in [9.17, 15) is 14.4 Å². The second-order valence-corrected chi connectivity index (χ2v) is 18.8. The molecule has 0 fully saturated rings. The zero-order chi connectivity index (χ0) is 45.8. The van der Waals surface area contributed by atoms with Crippen LogP contribution in [0, 0.1) is 0 Å². The minimum absolute atomic E-state index is 0.0731. The van der Waals surface area contributed by atoms with Crippen molar-refractivity contribution in [3.05, 3.63) is 24.3 Å². The van der Waals surface area contributed by atoms with Crippen molar-refractivity contribution in [3.8, 4) is 0 Å². The van der Waals surface area contributed by atoms with Crippen molar-refractivity contribution in [1.82, 2.24) is 0 Å². The van der Waals surface area contributed by atoms with Crippen LogP contribution >= 0.6 is 0 Å². The molecule has 0 heterocycles. The molecule has 1 atom stereocenters. The van der Waals surface area contributed by atoms with Gasteiger partial charge in [0.1, 0.15) is 13.2 Å². The van der Waals surface area contributed by atoms with Crippen LogP contribution in [0.15, 0.2) is 24.3 Å². The van der Waals surface area contributed by atoms with Crippen LogP contribution in [-0.2, 0) is 28.6 Å². The normalized spacial score (nSPS) is 12.1. The van der Waals surface area contributed by atoms with Crippen molar-refractivity contribution in [3.63, 3.8) is 0 Å². The smallest absolute Gasteiger partial charge is 0.306 e. The first kappa shape index (κ1) is 60.9. The zero-order valence-electron chi connectivity index (χ0n) is 42.4. The lowest BCUT2D eigenvalue weighted by atomic mass is 10.0. The molecule has 0 saturated heterocycles. The summed E-state index contributed by atoms with van der Waals surface area (Å²) >= 11 is 0. The molecule has 0 saturated carbocycles. The summed E-state index contributed by atoms with van der Waals surface area (Å²) < 4.78 is 16.8. The number of hydrogen-bond donors (Lipinski definition) is 0. The quantitative estimate of drug-likeness (QED) is 0.0262. The highest BCUT2D eigenvalue weighted by Crippen LogP contribution is 2.16. The molecule has 0 rings (SSSR count). The molecule has 0 radical (unpaired) electrons. The fraction of sp³-hybridized carbons (Fsp3) is 0.877. The highest BCUT2D eigenvalue weighted by Gasteiger charge is 2.19. The first-order valence-corrected chi connectivity index (χ1v) is 27.8. The average Bonchev–Trinajstić information content (AvgIpc) is 3.28. The van der Waals surface area contributed by atoms with Gasteiger partial charge in [0.15, 0.2) is 6.10 Å². The first-order valence-electron chi connectivity index (χ1n) is 27.8. The monoisotopic (exact) mass is 887 g/mol. The van der Waals surface area contributed by atoms with Crippen LogP contribution in [0.1, 0.15) is 303 Å². The van der Waals surface area contributed by atoms with Crippen LogP contribution in [0.2, 0.25) is 0 Å². The molecule has 0 aromatic carbocycles. The number of rotatable bonds is 51. The number of carbonyl (C=O) groups is 3. The van der Waals surface area contributed by atoms with Gasteiger partial charge in [-0.3, -0.25) is 14.4 Å². The Kier molecular flexibility index (Phi) is 50.8. The Morgan fingerprint density at radius 3 is 0.810 bits per heavy atom. The molecule has 0 bridgehead atoms. The lowest BCUT2D eigenvalue weighted by molar-refractivity contribution is -0.167. The summed E-state index contributed by atoms with van der Waals surface area (Å²) in [6.45, 7) is 6.63. The van der Waals surface area contributed by atoms with E-state index in [0.717, 1.165) is 70.6 Å². The van der Waals surface area contributed by atoms with Gasteiger partial charge in [-0.1, -0.05) is 238 Å². The summed E-state index contributed by atoms with van der Waals surface area (Å²) in [5.74, 6) is -0.875. The molecule has 0 amide bonds. The Bertz CT molecular complexity index is 1020. The van der Waals surface area contributed by atoms with Gasteiger partial charge in [-0.15, -0.1) is 0 Å². The summed E-state index contributed by atoms with van der Waals surface area (Å²) in [7, 11) is 0. The highest BCUT2D eigenvalue weighted by molar-refractivity contribution is 5.71. The molecule has 0 unspecified atom stereocenters. The molecule has 0 aliphatic carbocycles. The van der Waals surface area contributed by atoms with Crippen molar-refractivity contribution < 1.29 is 28.6 Å². The fourth-order valence-electron chi connectivity index (χ4n) is 8.20. The van der Waals surface area contributed by atoms with Crippen LogP contribution in [0.5, 0.6) is 0 Å². The minimum atomic E-state index is -0.774. The standard InChI is InChI=1S/C57H106O6/c1-4-7-10-13-16-19-22-25-26-27-28-29-30-33-35-38-41-44-47-50-56(59)62-53-54(63-57(60)51-48-45-42-39-36-32-24-21-18-15-12-9-6-3)52-61-55(58)49-46-43-40-37-34-31-23-20-17-14-11-8-5-2/h20-21,23-24,54H,4-19,22,25-53H2,1-3H3/b23-20+,24-21+/t54-/m1/s1. The molecule has 0 aliphatic rings. The fourth-order valence-corrected chi connectivity index (χ4v) is 8.20. The third-order valence-corrected chi connectivity index (χ3v) is 12.4. The topological polar surface area (TPSA) is 78.9 Å². The van der Waals surface area contributed by atoms with Gasteiger partial charge in [-0.25, -0.2) is 0 Å². The Morgan fingerprint density at radius 1 is 0.302 bits per heavy atom. The van der Waals surface area contributed by atoms with Crippen molar-refractivity contribution in [1.29, 1.82) is 0 Å². The lowest BCUT2D eigenvalue weighted by Gasteiger charge is -2.18. The molecule has 0 aromatic heterocycles. The number of unbranched alkanes of at least 4 members (excludes halogenated alkanes) is 36. The number of allylic oxidation sites excluding steroid dienone is 4. The van der Waals surface area contributed by atoms with E-state index in [-0.39, 0.29) is 31.1 Å². The van der Waals surface area contributed by atoms with Crippen LogP contribution in [0.4, 0.5) is 0 Å². The summed E-state index contributed by atoms with van der Waals surface area (Å²) in [5, 5.41) is 0. The first-order chi connectivity index (χ1) is 31.0. The summed E-state index contributed by atoms with van der Waals surface area (Å²) in [5.41, 5.74) is 0. The highest BCUT2D eigenvalue weighted by atomic mass is 16.6. The van der Waals surface area contributed by atoms with Gasteiger partial charge in [-0.05, 0) is 70.6 Å². The van der Waals surface area contributed by atoms with Crippen LogP contribution in [-0.4, -0.2) is 37.2 Å². The van der Waals surface area contributed by atoms with Crippen LogP contribution in [0.25, 0.3) is 0 Å². The third kappa shape index (κ3) is 50.7. The van der Waals surface area contributed by atoms with Gasteiger partial charge in [-0.2, -0.15) is 0 Å². The molecule has 370 valence electrons. The van der Waals surface area contributed by atoms with E-state index in [4.69, 9.17) is 14.2 Å². The van der Waals surface area contributed by atoms with E-state index < -0.39 is 6.10 Å². The van der Waals surface area contributed by atoms with Gasteiger partial charge in [0.25, 0.3) is 0 Å². The van der Waals surface area contributed by atoms with Crippen molar-refractivity contribution in [2.45, 2.75) is 309 Å². The third-order valence-electron chi connectivity index (χ3n) is 12.4. The second kappa shape index (κ2) is 52.5. The van der Waals surface area contributed by atoms with Gasteiger partial charge >= 0.3 is 17.9 Å². The van der Waals surface area contributed by atoms with E-state index >= 15 is 0 Å². The average molecular weight is 887 g/mol. The van der Waals surface area contributed by atoms with Crippen LogP contribution < -0.4 is 0 Å². The van der Waals surface area contributed by atoms with Crippen molar-refractivity contribution in [2.24, 2.45) is 0 Å². The molecule has 0 N–H and O–H groups in total. The van der Waals surface area contributed by atoms with Crippen molar-refractivity contribution in [2.75, 3.05) is 13.2 Å². The Labute approximate surface area is 392 Å². The molecule has 6 nitrogen and oxygen atoms in total. The molecule has 6 heteroatoms. The van der Waals surface area contributed by atoms with Gasteiger partial charge < -0.3 is 14.2 Å². The molecular formula is C57H106O6. The maximum Gasteiger partial charge on any atom is 0.306 e. The van der Waals surface area contributed by atoms with E-state index in [0.29, 0.717) is 19.3 Å². The van der Waals surface area contributed by atoms with Crippen molar-refractivity contribution >= 4 is 17.9 Å². The number of ether oxygens (including phenoxy) is 3. The number of carbonyl (C=O) groups excluding carboxylic acids is 3. The largest absolute Gasteiger partial charge is 0.462 e. The van der Waals surface area contributed by atoms with E-state index in [1.807, 2.05) is 0 Å².